The van der Waals surface area contributed by atoms with Crippen LogP contribution in [0.2, 0.25) is 0 Å². The summed E-state index contributed by atoms with van der Waals surface area (Å²) >= 11 is 0. The van der Waals surface area contributed by atoms with Crippen LogP contribution >= 0.6 is 0 Å². The molecule has 0 aromatic rings. The van der Waals surface area contributed by atoms with Gasteiger partial charge in [-0.1, -0.05) is 32.6 Å². The Morgan fingerprint density at radius 2 is 2.11 bits per heavy atom. The lowest BCUT2D eigenvalue weighted by Crippen LogP contribution is -2.39. The van der Waals surface area contributed by atoms with E-state index in [-0.39, 0.29) is 6.23 Å². The number of nitrogens with one attached hydrogen (secondary N) is 2. The zero-order valence-electron chi connectivity index (χ0n) is 11.4. The lowest BCUT2D eigenvalue weighted by Gasteiger charge is -2.20. The van der Waals surface area contributed by atoms with Gasteiger partial charge in [0.1, 0.15) is 6.23 Å². The van der Waals surface area contributed by atoms with Crippen LogP contribution < -0.4 is 10.8 Å². The molecule has 2 heterocycles. The molecule has 0 aromatic heterocycles. The van der Waals surface area contributed by atoms with Crippen molar-refractivity contribution in [2.45, 2.75) is 70.6 Å². The molecule has 2 rings (SSSR count). The molecule has 0 spiro atoms. The highest BCUT2D eigenvalue weighted by molar-refractivity contribution is 4.67. The second-order valence-electron chi connectivity index (χ2n) is 5.08. The molecule has 5 heteroatoms. The highest BCUT2D eigenvalue weighted by Gasteiger charge is 2.51. The van der Waals surface area contributed by atoms with E-state index in [1.54, 1.807) is 0 Å². The molecule has 2 aliphatic heterocycles. The molecule has 0 aliphatic carbocycles. The molecular formula is C13H26N2O3. The van der Waals surface area contributed by atoms with Crippen LogP contribution in [0.3, 0.4) is 0 Å². The Hall–Kier alpha value is -0.200. The first-order chi connectivity index (χ1) is 8.85. The standard InChI is InChI=1S/C13H26N2O3/c1-2-3-4-8-11-16-13(15-18-13)17-12-9-6-5-7-10-14-12/h12,14-15H,2-11H2,1H3. The van der Waals surface area contributed by atoms with Crippen LogP contribution in [-0.4, -0.2) is 25.5 Å². The van der Waals surface area contributed by atoms with E-state index in [4.69, 9.17) is 14.3 Å². The average Bonchev–Trinajstić information content (AvgIpc) is 3.16. The number of hydrogen-bond donors (Lipinski definition) is 2. The third kappa shape index (κ3) is 4.82. The second kappa shape index (κ2) is 7.40. The Morgan fingerprint density at radius 1 is 1.22 bits per heavy atom. The minimum absolute atomic E-state index is 0.0399. The van der Waals surface area contributed by atoms with E-state index in [0.717, 1.165) is 19.4 Å². The maximum Gasteiger partial charge on any atom is 0.391 e. The van der Waals surface area contributed by atoms with E-state index < -0.39 is 6.10 Å². The molecule has 0 amide bonds. The number of hydroxylamine groups is 1. The van der Waals surface area contributed by atoms with Crippen molar-refractivity contribution < 1.29 is 14.3 Å². The average molecular weight is 258 g/mol. The summed E-state index contributed by atoms with van der Waals surface area (Å²) in [5.74, 6) is 0. The molecule has 2 fully saturated rings. The van der Waals surface area contributed by atoms with Gasteiger partial charge in [-0.15, -0.1) is 5.48 Å². The minimum atomic E-state index is -0.964. The van der Waals surface area contributed by atoms with Gasteiger partial charge in [-0.3, -0.25) is 10.1 Å². The van der Waals surface area contributed by atoms with E-state index in [9.17, 15) is 0 Å². The predicted molar refractivity (Wildman–Crippen MR) is 68.4 cm³/mol. The van der Waals surface area contributed by atoms with Gasteiger partial charge in [-0.05, 0) is 32.2 Å². The first-order valence-corrected chi connectivity index (χ1v) is 7.35. The Kier molecular flexibility index (Phi) is 5.85. The Bertz CT molecular complexity index is 226. The lowest BCUT2D eigenvalue weighted by atomic mass is 10.2. The van der Waals surface area contributed by atoms with Crippen molar-refractivity contribution in [2.75, 3.05) is 13.2 Å². The summed E-state index contributed by atoms with van der Waals surface area (Å²) in [6.45, 7) is 3.89. The van der Waals surface area contributed by atoms with Crippen molar-refractivity contribution in [3.63, 3.8) is 0 Å². The van der Waals surface area contributed by atoms with E-state index >= 15 is 0 Å². The third-order valence-electron chi connectivity index (χ3n) is 3.37. The molecular weight excluding hydrogens is 232 g/mol. The summed E-state index contributed by atoms with van der Waals surface area (Å²) in [6.07, 6.45) is 8.54. The molecule has 2 atom stereocenters. The molecule has 0 radical (unpaired) electrons. The summed E-state index contributed by atoms with van der Waals surface area (Å²) in [4.78, 5) is 5.11. The Morgan fingerprint density at radius 3 is 2.89 bits per heavy atom. The van der Waals surface area contributed by atoms with Crippen molar-refractivity contribution in [1.82, 2.24) is 10.8 Å². The molecule has 18 heavy (non-hydrogen) atoms. The van der Waals surface area contributed by atoms with Gasteiger partial charge < -0.3 is 4.74 Å². The van der Waals surface area contributed by atoms with E-state index in [1.807, 2.05) is 0 Å². The van der Waals surface area contributed by atoms with Crippen LogP contribution in [0, 0.1) is 0 Å². The molecule has 2 unspecified atom stereocenters. The maximum atomic E-state index is 5.81. The molecule has 0 bridgehead atoms. The highest BCUT2D eigenvalue weighted by Crippen LogP contribution is 2.26. The molecule has 0 aromatic carbocycles. The van der Waals surface area contributed by atoms with Crippen LogP contribution in [0.1, 0.15) is 58.3 Å². The fourth-order valence-corrected chi connectivity index (χ4v) is 2.20. The Balaban J connectivity index is 1.61. The van der Waals surface area contributed by atoms with Crippen LogP contribution in [-0.2, 0) is 14.3 Å². The van der Waals surface area contributed by atoms with E-state index in [0.29, 0.717) is 6.61 Å². The summed E-state index contributed by atoms with van der Waals surface area (Å²) in [5.41, 5.74) is 2.72. The Labute approximate surface area is 110 Å². The molecule has 0 saturated carbocycles. The van der Waals surface area contributed by atoms with Crippen molar-refractivity contribution >= 4 is 0 Å². The monoisotopic (exact) mass is 258 g/mol. The molecule has 5 nitrogen and oxygen atoms in total. The number of ether oxygens (including phenoxy) is 2. The fourth-order valence-electron chi connectivity index (χ4n) is 2.20. The van der Waals surface area contributed by atoms with E-state index in [1.165, 1.54) is 38.5 Å². The largest absolute Gasteiger partial charge is 0.391 e. The van der Waals surface area contributed by atoms with Crippen LogP contribution in [0.5, 0.6) is 0 Å². The molecule has 106 valence electrons. The number of unbranched alkanes of at least 4 members (excludes halogenated alkanes) is 3. The van der Waals surface area contributed by atoms with Crippen LogP contribution in [0.15, 0.2) is 0 Å². The lowest BCUT2D eigenvalue weighted by molar-refractivity contribution is -0.257. The van der Waals surface area contributed by atoms with Crippen LogP contribution in [0.25, 0.3) is 0 Å². The normalized spacial score (nSPS) is 32.2. The first-order valence-electron chi connectivity index (χ1n) is 7.35. The van der Waals surface area contributed by atoms with Gasteiger partial charge in [0.2, 0.25) is 0 Å². The SMILES string of the molecule is CCCCCCOC1(OC2CCCCCN2)NO1. The topological polar surface area (TPSA) is 65.0 Å². The van der Waals surface area contributed by atoms with Gasteiger partial charge in [0, 0.05) is 0 Å². The quantitative estimate of drug-likeness (QED) is 0.397. The zero-order valence-corrected chi connectivity index (χ0v) is 11.4. The molecule has 2 aliphatic rings. The van der Waals surface area contributed by atoms with E-state index in [2.05, 4.69) is 17.7 Å². The molecule has 2 saturated heterocycles. The fraction of sp³-hybridized carbons (Fsp3) is 1.00. The summed E-state index contributed by atoms with van der Waals surface area (Å²) in [6, 6.07) is 0. The number of hydrogen-bond acceptors (Lipinski definition) is 5. The summed E-state index contributed by atoms with van der Waals surface area (Å²) in [5, 5.41) is 3.37. The predicted octanol–water partition coefficient (Wildman–Crippen LogP) is 2.24. The van der Waals surface area contributed by atoms with Gasteiger partial charge in [0.05, 0.1) is 6.61 Å². The number of rotatable bonds is 8. The summed E-state index contributed by atoms with van der Waals surface area (Å²) < 4.78 is 11.4. The first kappa shape index (κ1) is 14.2. The van der Waals surface area contributed by atoms with Crippen molar-refractivity contribution in [3.05, 3.63) is 0 Å². The third-order valence-corrected chi connectivity index (χ3v) is 3.37. The minimum Gasteiger partial charge on any atom is -0.311 e. The smallest absolute Gasteiger partial charge is 0.311 e. The van der Waals surface area contributed by atoms with Gasteiger partial charge >= 0.3 is 6.10 Å². The zero-order chi connectivity index (χ0) is 12.7. The van der Waals surface area contributed by atoms with Gasteiger partial charge in [-0.2, -0.15) is 0 Å². The van der Waals surface area contributed by atoms with Gasteiger partial charge in [0.25, 0.3) is 0 Å². The maximum absolute atomic E-state index is 5.81. The van der Waals surface area contributed by atoms with Crippen molar-refractivity contribution in [2.24, 2.45) is 0 Å². The van der Waals surface area contributed by atoms with Crippen molar-refractivity contribution in [1.29, 1.82) is 0 Å². The van der Waals surface area contributed by atoms with Crippen molar-refractivity contribution in [3.8, 4) is 0 Å². The van der Waals surface area contributed by atoms with Gasteiger partial charge in [0.15, 0.2) is 0 Å². The van der Waals surface area contributed by atoms with Crippen LogP contribution in [0.4, 0.5) is 0 Å². The van der Waals surface area contributed by atoms with Gasteiger partial charge in [-0.25, -0.2) is 4.84 Å². The highest BCUT2D eigenvalue weighted by atomic mass is 17.1. The second-order valence-corrected chi connectivity index (χ2v) is 5.08. The molecule has 2 N–H and O–H groups in total. The summed E-state index contributed by atoms with van der Waals surface area (Å²) in [7, 11) is 0.